The van der Waals surface area contributed by atoms with Crippen molar-refractivity contribution in [2.24, 2.45) is 0 Å². The van der Waals surface area contributed by atoms with Gasteiger partial charge in [0.1, 0.15) is 0 Å². The van der Waals surface area contributed by atoms with Crippen molar-refractivity contribution in [3.63, 3.8) is 0 Å². The molecule has 0 spiro atoms. The van der Waals surface area contributed by atoms with Gasteiger partial charge in [0, 0.05) is 25.8 Å². The van der Waals surface area contributed by atoms with Gasteiger partial charge in [-0.3, -0.25) is 0 Å². The molecule has 4 rings (SSSR count). The first kappa shape index (κ1) is 15.3. The molecule has 116 valence electrons. The minimum Gasteiger partial charge on any atom is -0.247 e. The number of pyridine rings is 1. The Balaban J connectivity index is 1.86. The maximum Gasteiger partial charge on any atom is 0.0849 e. The van der Waals surface area contributed by atoms with Crippen LogP contribution in [0, 0.1) is 0 Å². The van der Waals surface area contributed by atoms with E-state index >= 15 is 0 Å². The minimum absolute atomic E-state index is 0.749. The van der Waals surface area contributed by atoms with Gasteiger partial charge in [0.2, 0.25) is 0 Å². The number of benzene rings is 3. The van der Waals surface area contributed by atoms with Gasteiger partial charge >= 0.3 is 0 Å². The number of rotatable bonds is 3. The Morgan fingerprint density at radius 3 is 2.25 bits per heavy atom. The number of aromatic nitrogens is 1. The zero-order valence-corrected chi connectivity index (χ0v) is 14.4. The molecule has 0 saturated heterocycles. The van der Waals surface area contributed by atoms with Gasteiger partial charge in [-0.1, -0.05) is 71.9 Å². The summed E-state index contributed by atoms with van der Waals surface area (Å²) in [6.45, 7) is 0. The molecule has 1 aromatic heterocycles. The molecule has 0 bridgehead atoms. The second-order valence-electron chi connectivity index (χ2n) is 5.45. The highest BCUT2D eigenvalue weighted by Gasteiger charge is 2.10. The van der Waals surface area contributed by atoms with E-state index in [4.69, 9.17) is 16.6 Å². The molecule has 0 unspecified atom stereocenters. The fourth-order valence-electron chi connectivity index (χ4n) is 2.61. The smallest absolute Gasteiger partial charge is 0.0849 e. The molecule has 1 nitrogen and oxygen atoms in total. The molecular weight excluding hydrogens is 334 g/mol. The number of nitrogens with zero attached hydrogens (tertiary/aromatic N) is 1. The first-order chi connectivity index (χ1) is 11.8. The maximum absolute atomic E-state index is 6.00. The normalized spacial score (nSPS) is 10.9. The molecule has 4 aromatic rings. The van der Waals surface area contributed by atoms with Gasteiger partial charge in [0.25, 0.3) is 0 Å². The SMILES string of the molecule is Clc1ccc(Sc2cc3ccccc3nc2-c2ccccc2)cc1. The lowest BCUT2D eigenvalue weighted by Crippen LogP contribution is -1.89. The Kier molecular flexibility index (Phi) is 4.24. The van der Waals surface area contributed by atoms with Crippen LogP contribution in [-0.2, 0) is 0 Å². The lowest BCUT2D eigenvalue weighted by atomic mass is 10.1. The van der Waals surface area contributed by atoms with E-state index in [2.05, 4.69) is 30.3 Å². The molecular formula is C21H14ClNS. The van der Waals surface area contributed by atoms with Gasteiger partial charge in [-0.2, -0.15) is 0 Å². The highest BCUT2D eigenvalue weighted by Crippen LogP contribution is 2.37. The summed E-state index contributed by atoms with van der Waals surface area (Å²) >= 11 is 7.71. The molecule has 0 aliphatic carbocycles. The van der Waals surface area contributed by atoms with Crippen LogP contribution in [0.2, 0.25) is 5.02 Å². The molecule has 3 aromatic carbocycles. The van der Waals surface area contributed by atoms with Crippen LogP contribution in [0.3, 0.4) is 0 Å². The van der Waals surface area contributed by atoms with E-state index in [-0.39, 0.29) is 0 Å². The van der Waals surface area contributed by atoms with E-state index in [0.717, 1.165) is 37.0 Å². The second-order valence-corrected chi connectivity index (χ2v) is 7.00. The maximum atomic E-state index is 6.00. The first-order valence-electron chi connectivity index (χ1n) is 7.68. The summed E-state index contributed by atoms with van der Waals surface area (Å²) in [5, 5.41) is 1.90. The number of halogens is 1. The van der Waals surface area contributed by atoms with Gasteiger partial charge in [-0.05, 0) is 36.4 Å². The van der Waals surface area contributed by atoms with Gasteiger partial charge in [0.15, 0.2) is 0 Å². The molecule has 0 amide bonds. The average molecular weight is 348 g/mol. The molecule has 1 heterocycles. The third-order valence-electron chi connectivity index (χ3n) is 3.78. The van der Waals surface area contributed by atoms with Crippen molar-refractivity contribution in [1.29, 1.82) is 0 Å². The fraction of sp³-hybridized carbons (Fsp3) is 0. The second kappa shape index (κ2) is 6.68. The molecule has 0 N–H and O–H groups in total. The number of fused-ring (bicyclic) bond motifs is 1. The van der Waals surface area contributed by atoms with Crippen LogP contribution in [-0.4, -0.2) is 4.98 Å². The van der Waals surface area contributed by atoms with Crippen LogP contribution in [0.25, 0.3) is 22.2 Å². The van der Waals surface area contributed by atoms with Crippen LogP contribution in [0.15, 0.2) is 94.7 Å². The molecule has 0 atom stereocenters. The predicted octanol–water partition coefficient (Wildman–Crippen LogP) is 6.71. The predicted molar refractivity (Wildman–Crippen MR) is 103 cm³/mol. The highest BCUT2D eigenvalue weighted by molar-refractivity contribution is 7.99. The molecule has 0 radical (unpaired) electrons. The molecule has 0 aliphatic rings. The fourth-order valence-corrected chi connectivity index (χ4v) is 3.70. The van der Waals surface area contributed by atoms with E-state index in [1.807, 2.05) is 54.6 Å². The average Bonchev–Trinajstić information content (AvgIpc) is 2.64. The van der Waals surface area contributed by atoms with Crippen LogP contribution in [0.1, 0.15) is 0 Å². The largest absolute Gasteiger partial charge is 0.247 e. The number of hydrogen-bond acceptors (Lipinski definition) is 2. The van der Waals surface area contributed by atoms with E-state index in [1.54, 1.807) is 11.8 Å². The van der Waals surface area contributed by atoms with E-state index in [9.17, 15) is 0 Å². The summed E-state index contributed by atoms with van der Waals surface area (Å²) in [5.74, 6) is 0. The molecule has 0 fully saturated rings. The molecule has 3 heteroatoms. The van der Waals surface area contributed by atoms with E-state index in [1.165, 1.54) is 0 Å². The van der Waals surface area contributed by atoms with Crippen molar-refractivity contribution >= 4 is 34.3 Å². The summed E-state index contributed by atoms with van der Waals surface area (Å²) in [6.07, 6.45) is 0. The van der Waals surface area contributed by atoms with Crippen molar-refractivity contribution in [1.82, 2.24) is 4.98 Å². The summed E-state index contributed by atoms with van der Waals surface area (Å²) in [6, 6.07) is 28.7. The lowest BCUT2D eigenvalue weighted by molar-refractivity contribution is 1.29. The van der Waals surface area contributed by atoms with Crippen LogP contribution in [0.4, 0.5) is 0 Å². The first-order valence-corrected chi connectivity index (χ1v) is 8.88. The van der Waals surface area contributed by atoms with Crippen LogP contribution < -0.4 is 0 Å². The Morgan fingerprint density at radius 1 is 0.750 bits per heavy atom. The van der Waals surface area contributed by atoms with E-state index < -0.39 is 0 Å². The topological polar surface area (TPSA) is 12.9 Å². The summed E-state index contributed by atoms with van der Waals surface area (Å²) in [7, 11) is 0. The van der Waals surface area contributed by atoms with E-state index in [0.29, 0.717) is 0 Å². The van der Waals surface area contributed by atoms with Crippen molar-refractivity contribution in [2.75, 3.05) is 0 Å². The Morgan fingerprint density at radius 2 is 1.46 bits per heavy atom. The molecule has 0 aliphatic heterocycles. The third-order valence-corrected chi connectivity index (χ3v) is 5.07. The van der Waals surface area contributed by atoms with Gasteiger partial charge in [-0.25, -0.2) is 4.98 Å². The van der Waals surface area contributed by atoms with Gasteiger partial charge < -0.3 is 0 Å². The monoisotopic (exact) mass is 347 g/mol. The van der Waals surface area contributed by atoms with Crippen LogP contribution in [0.5, 0.6) is 0 Å². The Labute approximate surface area is 150 Å². The Hall–Kier alpha value is -2.29. The number of hydrogen-bond donors (Lipinski definition) is 0. The van der Waals surface area contributed by atoms with Gasteiger partial charge in [-0.15, -0.1) is 0 Å². The number of para-hydroxylation sites is 1. The quantitative estimate of drug-likeness (QED) is 0.408. The lowest BCUT2D eigenvalue weighted by Gasteiger charge is -2.11. The molecule has 0 saturated carbocycles. The summed E-state index contributed by atoms with van der Waals surface area (Å²) in [4.78, 5) is 7.20. The van der Waals surface area contributed by atoms with Crippen LogP contribution >= 0.6 is 23.4 Å². The summed E-state index contributed by atoms with van der Waals surface area (Å²) < 4.78 is 0. The van der Waals surface area contributed by atoms with Crippen molar-refractivity contribution in [2.45, 2.75) is 9.79 Å². The highest BCUT2D eigenvalue weighted by atomic mass is 35.5. The molecule has 24 heavy (non-hydrogen) atoms. The Bertz CT molecular complexity index is 982. The van der Waals surface area contributed by atoms with Gasteiger partial charge in [0.05, 0.1) is 11.2 Å². The van der Waals surface area contributed by atoms with Crippen molar-refractivity contribution < 1.29 is 0 Å². The zero-order chi connectivity index (χ0) is 16.4. The van der Waals surface area contributed by atoms with Crippen molar-refractivity contribution in [3.05, 3.63) is 90.0 Å². The minimum atomic E-state index is 0.749. The van der Waals surface area contributed by atoms with Crippen molar-refractivity contribution in [3.8, 4) is 11.3 Å². The standard InChI is InChI=1S/C21H14ClNS/c22-17-10-12-18(13-11-17)24-20-14-16-8-4-5-9-19(16)23-21(20)15-6-2-1-3-7-15/h1-14H. The zero-order valence-electron chi connectivity index (χ0n) is 12.8. The summed E-state index contributed by atoms with van der Waals surface area (Å²) in [5.41, 5.74) is 3.14. The third kappa shape index (κ3) is 3.16.